The molecule has 3 aromatic rings. The van der Waals surface area contributed by atoms with Crippen LogP contribution in [0, 0.1) is 0 Å². The van der Waals surface area contributed by atoms with Gasteiger partial charge in [0.25, 0.3) is 0 Å². The summed E-state index contributed by atoms with van der Waals surface area (Å²) in [5.74, 6) is -2.76. The largest absolute Gasteiger partial charge is 0.493 e. The number of aliphatic carboxylic acids is 2. The Morgan fingerprint density at radius 2 is 1.54 bits per heavy atom. The van der Waals surface area contributed by atoms with Crippen LogP contribution in [0.4, 0.5) is 0 Å². The molecule has 0 amide bonds. The van der Waals surface area contributed by atoms with Crippen molar-refractivity contribution in [2.75, 3.05) is 6.61 Å². The maximum atomic E-state index is 9.10. The lowest BCUT2D eigenvalue weighted by Crippen LogP contribution is -2.14. The van der Waals surface area contributed by atoms with Gasteiger partial charge >= 0.3 is 11.9 Å². The number of benzene rings is 3. The number of rotatable bonds is 5. The quantitative estimate of drug-likeness (QED) is 0.555. The van der Waals surface area contributed by atoms with E-state index >= 15 is 0 Å². The molecule has 0 spiro atoms. The summed E-state index contributed by atoms with van der Waals surface area (Å²) in [6, 6.07) is 21.8. The fraction of sp³-hybridized carbons (Fsp3) is 0.143. The van der Waals surface area contributed by atoms with E-state index in [0.29, 0.717) is 18.1 Å². The Morgan fingerprint density at radius 1 is 0.929 bits per heavy atom. The van der Waals surface area contributed by atoms with E-state index in [1.807, 2.05) is 48.5 Å². The summed E-state index contributed by atoms with van der Waals surface area (Å²) < 4.78 is 5.93. The van der Waals surface area contributed by atoms with E-state index in [1.54, 1.807) is 0 Å². The summed E-state index contributed by atoms with van der Waals surface area (Å²) >= 11 is 6.17. The normalized spacial score (nSPS) is 11.2. The Labute approximate surface area is 167 Å². The van der Waals surface area contributed by atoms with Crippen molar-refractivity contribution >= 4 is 34.3 Å². The highest BCUT2D eigenvalue weighted by Crippen LogP contribution is 2.27. The van der Waals surface area contributed by atoms with Crippen LogP contribution in [0.5, 0.6) is 5.75 Å². The number of halogens is 1. The zero-order chi connectivity index (χ0) is 20.5. The van der Waals surface area contributed by atoms with E-state index in [1.165, 1.54) is 5.39 Å². The molecule has 0 aliphatic rings. The van der Waals surface area contributed by atoms with Gasteiger partial charge in [-0.3, -0.25) is 0 Å². The van der Waals surface area contributed by atoms with Crippen LogP contribution in [0.25, 0.3) is 10.8 Å². The minimum absolute atomic E-state index is 0.122. The Bertz CT molecular complexity index is 943. The molecule has 0 bridgehead atoms. The molecule has 7 heteroatoms. The van der Waals surface area contributed by atoms with Crippen molar-refractivity contribution in [2.45, 2.75) is 12.5 Å². The molecular weight excluding hydrogens is 382 g/mol. The minimum Gasteiger partial charge on any atom is -0.493 e. The van der Waals surface area contributed by atoms with Crippen molar-refractivity contribution in [2.24, 2.45) is 5.73 Å². The maximum absolute atomic E-state index is 9.10. The number of fused-ring (bicyclic) bond motifs is 1. The third-order valence-electron chi connectivity index (χ3n) is 3.92. The zero-order valence-corrected chi connectivity index (χ0v) is 15.7. The fourth-order valence-electron chi connectivity index (χ4n) is 2.55. The van der Waals surface area contributed by atoms with Crippen molar-refractivity contribution in [3.63, 3.8) is 0 Å². The number of hydrogen-bond donors (Lipinski definition) is 3. The van der Waals surface area contributed by atoms with E-state index in [0.717, 1.165) is 16.7 Å². The van der Waals surface area contributed by atoms with Gasteiger partial charge in [0.1, 0.15) is 5.75 Å². The second-order valence-corrected chi connectivity index (χ2v) is 6.26. The van der Waals surface area contributed by atoms with Crippen molar-refractivity contribution in [1.82, 2.24) is 0 Å². The molecule has 146 valence electrons. The fourth-order valence-corrected chi connectivity index (χ4v) is 2.82. The van der Waals surface area contributed by atoms with Gasteiger partial charge in [0.05, 0.1) is 6.61 Å². The maximum Gasteiger partial charge on any atom is 0.414 e. The molecule has 28 heavy (non-hydrogen) atoms. The highest BCUT2D eigenvalue weighted by Gasteiger charge is 2.10. The van der Waals surface area contributed by atoms with Crippen LogP contribution in [-0.2, 0) is 9.59 Å². The topological polar surface area (TPSA) is 110 Å². The second-order valence-electron chi connectivity index (χ2n) is 5.85. The number of carboxylic acids is 2. The molecule has 0 aromatic heterocycles. The van der Waals surface area contributed by atoms with Crippen LogP contribution < -0.4 is 10.5 Å². The standard InChI is InChI=1S/C19H18ClNO.C2H2O4/c20-17-10-4-3-9-16(17)18(21)12-13-22-19-11-5-7-14-6-1-2-8-15(14)19;3-1(4)2(5)6/h1-11,18H,12-13,21H2;(H,3,4)(H,5,6). The Hall–Kier alpha value is -3.09. The van der Waals surface area contributed by atoms with E-state index in [4.69, 9.17) is 41.9 Å². The van der Waals surface area contributed by atoms with Gasteiger partial charge < -0.3 is 20.7 Å². The van der Waals surface area contributed by atoms with Crippen LogP contribution in [0.2, 0.25) is 5.02 Å². The number of hydrogen-bond acceptors (Lipinski definition) is 4. The van der Waals surface area contributed by atoms with Crippen LogP contribution in [0.1, 0.15) is 18.0 Å². The highest BCUT2D eigenvalue weighted by atomic mass is 35.5. The number of carbonyl (C=O) groups is 2. The SMILES string of the molecule is NC(CCOc1cccc2ccccc12)c1ccccc1Cl.O=C(O)C(=O)O. The van der Waals surface area contributed by atoms with E-state index in [-0.39, 0.29) is 6.04 Å². The van der Waals surface area contributed by atoms with Crippen LogP contribution in [0.15, 0.2) is 66.7 Å². The first-order valence-corrected chi connectivity index (χ1v) is 8.84. The molecule has 0 saturated heterocycles. The van der Waals surface area contributed by atoms with Crippen LogP contribution in [-0.4, -0.2) is 28.8 Å². The van der Waals surface area contributed by atoms with Crippen molar-refractivity contribution < 1.29 is 24.5 Å². The molecular formula is C21H20ClNO5. The lowest BCUT2D eigenvalue weighted by Gasteiger charge is -2.15. The van der Waals surface area contributed by atoms with Gasteiger partial charge in [0, 0.05) is 22.9 Å². The third-order valence-corrected chi connectivity index (χ3v) is 4.27. The molecule has 0 heterocycles. The number of carboxylic acid groups (broad SMARTS) is 2. The molecule has 0 aliphatic heterocycles. The summed E-state index contributed by atoms with van der Waals surface area (Å²) in [5, 5.41) is 17.8. The van der Waals surface area contributed by atoms with E-state index in [2.05, 4.69) is 18.2 Å². The van der Waals surface area contributed by atoms with Gasteiger partial charge in [-0.1, -0.05) is 66.2 Å². The minimum atomic E-state index is -1.82. The summed E-state index contributed by atoms with van der Waals surface area (Å²) in [5.41, 5.74) is 7.17. The zero-order valence-electron chi connectivity index (χ0n) is 14.9. The van der Waals surface area contributed by atoms with Crippen molar-refractivity contribution in [1.29, 1.82) is 0 Å². The van der Waals surface area contributed by atoms with Crippen molar-refractivity contribution in [3.05, 3.63) is 77.3 Å². The average Bonchev–Trinajstić information content (AvgIpc) is 2.69. The number of nitrogens with two attached hydrogens (primary N) is 1. The molecule has 0 saturated carbocycles. The smallest absolute Gasteiger partial charge is 0.414 e. The first kappa shape index (κ1) is 21.2. The predicted molar refractivity (Wildman–Crippen MR) is 108 cm³/mol. The van der Waals surface area contributed by atoms with Gasteiger partial charge in [-0.05, 0) is 23.1 Å². The van der Waals surface area contributed by atoms with E-state index < -0.39 is 11.9 Å². The summed E-state index contributed by atoms with van der Waals surface area (Å²) in [4.78, 5) is 18.2. The Balaban J connectivity index is 0.000000409. The molecule has 4 N–H and O–H groups in total. The van der Waals surface area contributed by atoms with Gasteiger partial charge in [0.15, 0.2) is 0 Å². The molecule has 1 unspecified atom stereocenters. The van der Waals surface area contributed by atoms with Crippen LogP contribution in [0.3, 0.4) is 0 Å². The Kier molecular flexibility index (Phi) is 7.80. The number of ether oxygens (including phenoxy) is 1. The van der Waals surface area contributed by atoms with Gasteiger partial charge in [-0.15, -0.1) is 0 Å². The first-order chi connectivity index (χ1) is 13.4. The lowest BCUT2D eigenvalue weighted by atomic mass is 10.1. The highest BCUT2D eigenvalue weighted by molar-refractivity contribution is 6.31. The monoisotopic (exact) mass is 401 g/mol. The van der Waals surface area contributed by atoms with E-state index in [9.17, 15) is 0 Å². The third kappa shape index (κ3) is 5.97. The first-order valence-electron chi connectivity index (χ1n) is 8.47. The molecule has 6 nitrogen and oxygen atoms in total. The van der Waals surface area contributed by atoms with Gasteiger partial charge in [-0.2, -0.15) is 0 Å². The summed E-state index contributed by atoms with van der Waals surface area (Å²) in [6.07, 6.45) is 0.715. The van der Waals surface area contributed by atoms with Gasteiger partial charge in [0.2, 0.25) is 0 Å². The Morgan fingerprint density at radius 3 is 2.21 bits per heavy atom. The molecule has 3 rings (SSSR count). The van der Waals surface area contributed by atoms with Crippen LogP contribution >= 0.6 is 11.6 Å². The molecule has 1 atom stereocenters. The molecule has 0 radical (unpaired) electrons. The predicted octanol–water partition coefficient (Wildman–Crippen LogP) is 4.12. The summed E-state index contributed by atoms with van der Waals surface area (Å²) in [7, 11) is 0. The summed E-state index contributed by atoms with van der Waals surface area (Å²) in [6.45, 7) is 0.556. The molecule has 0 fully saturated rings. The van der Waals surface area contributed by atoms with Gasteiger partial charge in [-0.25, -0.2) is 9.59 Å². The van der Waals surface area contributed by atoms with Crippen molar-refractivity contribution in [3.8, 4) is 5.75 Å². The molecule has 0 aliphatic carbocycles. The second kappa shape index (κ2) is 10.3. The average molecular weight is 402 g/mol. The molecule has 3 aromatic carbocycles. The lowest BCUT2D eigenvalue weighted by molar-refractivity contribution is -0.159.